The van der Waals surface area contributed by atoms with Gasteiger partial charge in [-0.1, -0.05) is 26.1 Å². The van der Waals surface area contributed by atoms with Gasteiger partial charge in [0.05, 0.1) is 24.2 Å². The molecule has 0 saturated heterocycles. The van der Waals surface area contributed by atoms with E-state index in [1.54, 1.807) is 4.68 Å². The van der Waals surface area contributed by atoms with E-state index in [1.807, 2.05) is 25.6 Å². The lowest BCUT2D eigenvalue weighted by Gasteiger charge is -2.25. The third-order valence-corrected chi connectivity index (χ3v) is 7.61. The molecule has 1 saturated carbocycles. The molecule has 30 heavy (non-hydrogen) atoms. The number of aryl methyl sites for hydroxylation is 1. The van der Waals surface area contributed by atoms with Gasteiger partial charge in [-0.05, 0) is 31.2 Å². The first-order chi connectivity index (χ1) is 14.3. The molecule has 1 aliphatic carbocycles. The zero-order valence-corrected chi connectivity index (χ0v) is 19.5. The molecule has 0 aliphatic heterocycles. The lowest BCUT2D eigenvalue weighted by atomic mass is 9.83. The highest BCUT2D eigenvalue weighted by Crippen LogP contribution is 2.37. The van der Waals surface area contributed by atoms with Crippen LogP contribution in [0.25, 0.3) is 22.4 Å². The van der Waals surface area contributed by atoms with Gasteiger partial charge in [-0.2, -0.15) is 5.10 Å². The Morgan fingerprint density at radius 3 is 2.73 bits per heavy atom. The van der Waals surface area contributed by atoms with Crippen LogP contribution in [-0.4, -0.2) is 50.2 Å². The van der Waals surface area contributed by atoms with Crippen molar-refractivity contribution in [3.8, 4) is 11.3 Å². The summed E-state index contributed by atoms with van der Waals surface area (Å²) in [7, 11) is 0.782. The Bertz CT molecular complexity index is 1010. The second-order valence-electron chi connectivity index (χ2n) is 9.75. The molecule has 4 rings (SSSR count). The quantitative estimate of drug-likeness (QED) is 0.452. The fourth-order valence-electron chi connectivity index (χ4n) is 4.15. The van der Waals surface area contributed by atoms with Crippen molar-refractivity contribution in [1.82, 2.24) is 24.3 Å². The van der Waals surface area contributed by atoms with Crippen molar-refractivity contribution in [3.63, 3.8) is 0 Å². The van der Waals surface area contributed by atoms with Gasteiger partial charge in [0.25, 0.3) is 0 Å². The molecular formula is C22H33N5O2Si. The van der Waals surface area contributed by atoms with Crippen LogP contribution in [0.2, 0.25) is 25.7 Å². The van der Waals surface area contributed by atoms with Crippen molar-refractivity contribution in [2.24, 2.45) is 7.05 Å². The van der Waals surface area contributed by atoms with Gasteiger partial charge in [-0.3, -0.25) is 4.68 Å². The number of hydrogen-bond acceptors (Lipinski definition) is 5. The largest absolute Gasteiger partial charge is 0.393 e. The van der Waals surface area contributed by atoms with E-state index in [-0.39, 0.29) is 6.10 Å². The van der Waals surface area contributed by atoms with Gasteiger partial charge in [-0.15, -0.1) is 0 Å². The summed E-state index contributed by atoms with van der Waals surface area (Å²) in [6, 6.07) is 1.14. The first-order valence-electron chi connectivity index (χ1n) is 10.9. The van der Waals surface area contributed by atoms with Crippen LogP contribution in [0.15, 0.2) is 24.8 Å². The molecule has 3 heterocycles. The Morgan fingerprint density at radius 2 is 2.03 bits per heavy atom. The summed E-state index contributed by atoms with van der Waals surface area (Å²) in [6.07, 6.45) is 11.3. The fraction of sp³-hybridized carbons (Fsp3) is 0.591. The molecule has 0 spiro atoms. The van der Waals surface area contributed by atoms with E-state index in [9.17, 15) is 5.11 Å². The number of fused-ring (bicyclic) bond motifs is 1. The molecule has 0 aromatic carbocycles. The van der Waals surface area contributed by atoms with Gasteiger partial charge < -0.3 is 14.4 Å². The van der Waals surface area contributed by atoms with E-state index < -0.39 is 8.07 Å². The zero-order valence-electron chi connectivity index (χ0n) is 18.5. The molecule has 7 nitrogen and oxygen atoms in total. The highest BCUT2D eigenvalue weighted by Gasteiger charge is 2.26. The van der Waals surface area contributed by atoms with Crippen molar-refractivity contribution < 1.29 is 9.84 Å². The lowest BCUT2D eigenvalue weighted by Crippen LogP contribution is -2.22. The summed E-state index contributed by atoms with van der Waals surface area (Å²) in [4.78, 5) is 9.74. The number of aliphatic hydroxyl groups is 1. The summed E-state index contributed by atoms with van der Waals surface area (Å²) in [5.41, 5.74) is 4.73. The molecule has 3 aromatic rings. The van der Waals surface area contributed by atoms with Gasteiger partial charge >= 0.3 is 0 Å². The van der Waals surface area contributed by atoms with E-state index >= 15 is 0 Å². The molecular weight excluding hydrogens is 394 g/mol. The minimum absolute atomic E-state index is 0.232. The van der Waals surface area contributed by atoms with Gasteiger partial charge in [0.2, 0.25) is 0 Å². The summed E-state index contributed by atoms with van der Waals surface area (Å²) in [5, 5.41) is 14.5. The SMILES string of the molecule is Cn1cc(-c2cnc3c(n2)c(C2CCCC(O)C2)cn3COCC[Si](C)(C)C)cn1. The molecule has 3 aromatic heterocycles. The van der Waals surface area contributed by atoms with Crippen LogP contribution >= 0.6 is 0 Å². The van der Waals surface area contributed by atoms with E-state index in [2.05, 4.69) is 35.5 Å². The topological polar surface area (TPSA) is 78.0 Å². The van der Waals surface area contributed by atoms with Gasteiger partial charge in [-0.25, -0.2) is 9.97 Å². The molecule has 0 bridgehead atoms. The van der Waals surface area contributed by atoms with Crippen LogP contribution in [0.1, 0.15) is 37.2 Å². The average molecular weight is 428 g/mol. The second kappa shape index (κ2) is 8.61. The van der Waals surface area contributed by atoms with Crippen molar-refractivity contribution >= 4 is 19.2 Å². The average Bonchev–Trinajstić information content (AvgIpc) is 3.28. The van der Waals surface area contributed by atoms with Crippen LogP contribution < -0.4 is 0 Å². The van der Waals surface area contributed by atoms with Gasteiger partial charge in [0, 0.05) is 45.2 Å². The maximum atomic E-state index is 10.2. The molecule has 0 radical (unpaired) electrons. The minimum Gasteiger partial charge on any atom is -0.393 e. The Morgan fingerprint density at radius 1 is 1.20 bits per heavy atom. The van der Waals surface area contributed by atoms with Crippen molar-refractivity contribution in [3.05, 3.63) is 30.4 Å². The van der Waals surface area contributed by atoms with Crippen LogP contribution in [0.3, 0.4) is 0 Å². The monoisotopic (exact) mass is 427 g/mol. The normalized spacial score (nSPS) is 20.2. The second-order valence-corrected chi connectivity index (χ2v) is 15.4. The summed E-state index contributed by atoms with van der Waals surface area (Å²) in [6.45, 7) is 8.34. The number of aliphatic hydroxyl groups excluding tert-OH is 1. The molecule has 162 valence electrons. The number of nitrogens with zero attached hydrogens (tertiary/aromatic N) is 5. The molecule has 2 unspecified atom stereocenters. The van der Waals surface area contributed by atoms with Crippen molar-refractivity contribution in [2.45, 2.75) is 70.1 Å². The van der Waals surface area contributed by atoms with Crippen molar-refractivity contribution in [1.29, 1.82) is 0 Å². The maximum absolute atomic E-state index is 10.2. The summed E-state index contributed by atoms with van der Waals surface area (Å²) in [5.74, 6) is 0.304. The number of hydrogen-bond donors (Lipinski definition) is 1. The highest BCUT2D eigenvalue weighted by atomic mass is 28.3. The molecule has 8 heteroatoms. The van der Waals surface area contributed by atoms with Crippen molar-refractivity contribution in [2.75, 3.05) is 6.61 Å². The smallest absolute Gasteiger partial charge is 0.160 e. The fourth-order valence-corrected chi connectivity index (χ4v) is 4.91. The number of rotatable bonds is 7. The Balaban J connectivity index is 1.65. The summed E-state index contributed by atoms with van der Waals surface area (Å²) >= 11 is 0. The Kier molecular flexibility index (Phi) is 6.08. The van der Waals surface area contributed by atoms with Crippen LogP contribution in [-0.2, 0) is 18.5 Å². The Labute approximate surface area is 179 Å². The maximum Gasteiger partial charge on any atom is 0.160 e. The predicted octanol–water partition coefficient (Wildman–Crippen LogP) is 4.16. The van der Waals surface area contributed by atoms with E-state index in [4.69, 9.17) is 14.7 Å². The minimum atomic E-state index is -1.12. The highest BCUT2D eigenvalue weighted by molar-refractivity contribution is 6.76. The molecule has 0 amide bonds. The lowest BCUT2D eigenvalue weighted by molar-refractivity contribution is 0.0895. The van der Waals surface area contributed by atoms with E-state index in [0.717, 1.165) is 60.8 Å². The zero-order chi connectivity index (χ0) is 21.3. The predicted molar refractivity (Wildman–Crippen MR) is 121 cm³/mol. The molecule has 1 aliphatic rings. The number of aromatic nitrogens is 5. The van der Waals surface area contributed by atoms with Gasteiger partial charge in [0.1, 0.15) is 12.2 Å². The van der Waals surface area contributed by atoms with E-state index in [1.165, 1.54) is 5.56 Å². The van der Waals surface area contributed by atoms with Crippen LogP contribution in [0, 0.1) is 0 Å². The van der Waals surface area contributed by atoms with E-state index in [0.29, 0.717) is 12.6 Å². The van der Waals surface area contributed by atoms with Crippen LogP contribution in [0.5, 0.6) is 0 Å². The number of ether oxygens (including phenoxy) is 1. The standard InChI is InChI=1S/C22H33N5O2Si/c1-26-13-17(11-24-26)20-12-23-22-21(25-20)19(16-6-5-7-18(28)10-16)14-27(22)15-29-8-9-30(2,3)4/h11-14,16,18,28H,5-10,15H2,1-4H3. The molecule has 2 atom stereocenters. The van der Waals surface area contributed by atoms with Gasteiger partial charge in [0.15, 0.2) is 5.65 Å². The third kappa shape index (κ3) is 4.82. The summed E-state index contributed by atoms with van der Waals surface area (Å²) < 4.78 is 9.87. The molecule has 1 N–H and O–H groups in total. The first kappa shape index (κ1) is 21.2. The Hall–Kier alpha value is -2.03. The van der Waals surface area contributed by atoms with Crippen LogP contribution in [0.4, 0.5) is 0 Å². The third-order valence-electron chi connectivity index (χ3n) is 5.91. The molecule has 1 fully saturated rings. The first-order valence-corrected chi connectivity index (χ1v) is 14.6.